The number of hydrogen-bond donors (Lipinski definition) is 2. The molecule has 2 heterocycles. The molecule has 1 aliphatic heterocycles. The summed E-state index contributed by atoms with van der Waals surface area (Å²) in [5.74, 6) is 0.548. The fourth-order valence-corrected chi connectivity index (χ4v) is 6.31. The van der Waals surface area contributed by atoms with Gasteiger partial charge in [0.1, 0.15) is 5.75 Å². The van der Waals surface area contributed by atoms with Crippen LogP contribution in [0.2, 0.25) is 0 Å². The maximum atomic E-state index is 13.0. The number of pyridine rings is 1. The lowest BCUT2D eigenvalue weighted by Crippen LogP contribution is -2.42. The molecule has 1 saturated heterocycles. The zero-order valence-electron chi connectivity index (χ0n) is 21.7. The van der Waals surface area contributed by atoms with Gasteiger partial charge < -0.3 is 19.8 Å². The van der Waals surface area contributed by atoms with Crippen LogP contribution < -0.4 is 4.74 Å². The number of piperidine rings is 1. The molecule has 1 aromatic heterocycles. The highest BCUT2D eigenvalue weighted by Crippen LogP contribution is 2.35. The Kier molecular flexibility index (Phi) is 9.74. The molecule has 0 bridgehead atoms. The second kappa shape index (κ2) is 13.0. The number of aromatic nitrogens is 1. The standard InChI is InChI=1S/C29H33F3N2O4S/c1-38-22-6-7-26-25(17-22)24(9-11-33-26)27(35)8-5-19-10-12-34(18-20(19)15-28(36)37)13-14-39-23-4-2-3-21(16-23)29(30,31)32/h2-4,6-7,9,11,16-17,19-20,27,35H,5,8,10,12-15,18H2,1H3,(H,36,37)/t19-,20+,27-/m1/s1. The van der Waals surface area contributed by atoms with Gasteiger partial charge in [-0.25, -0.2) is 0 Å². The number of nitrogens with zero attached hydrogens (tertiary/aromatic N) is 2. The van der Waals surface area contributed by atoms with E-state index in [1.54, 1.807) is 19.4 Å². The van der Waals surface area contributed by atoms with Gasteiger partial charge in [0.05, 0.1) is 24.3 Å². The van der Waals surface area contributed by atoms with Gasteiger partial charge in [0, 0.05) is 41.7 Å². The minimum absolute atomic E-state index is 0.0490. The highest BCUT2D eigenvalue weighted by atomic mass is 32.2. The fraction of sp³-hybridized carbons (Fsp3) is 0.448. The topological polar surface area (TPSA) is 82.9 Å². The molecule has 39 heavy (non-hydrogen) atoms. The van der Waals surface area contributed by atoms with Crippen LogP contribution in [0.4, 0.5) is 13.2 Å². The normalized spacial score (nSPS) is 19.2. The number of aliphatic hydroxyl groups excluding tert-OH is 1. The molecule has 4 rings (SSSR count). The predicted octanol–water partition coefficient (Wildman–Crippen LogP) is 6.28. The third kappa shape index (κ3) is 7.86. The van der Waals surface area contributed by atoms with Crippen LogP contribution in [-0.2, 0) is 11.0 Å². The number of thioether (sulfide) groups is 1. The summed E-state index contributed by atoms with van der Waals surface area (Å²) in [4.78, 5) is 18.8. The molecule has 0 unspecified atom stereocenters. The van der Waals surface area contributed by atoms with Crippen molar-refractivity contribution in [1.82, 2.24) is 9.88 Å². The summed E-state index contributed by atoms with van der Waals surface area (Å²) < 4.78 is 44.3. The number of ether oxygens (including phenoxy) is 1. The number of halogens is 3. The Balaban J connectivity index is 1.33. The van der Waals surface area contributed by atoms with E-state index in [1.807, 2.05) is 24.3 Å². The summed E-state index contributed by atoms with van der Waals surface area (Å²) in [7, 11) is 1.59. The molecular formula is C29H33F3N2O4S. The highest BCUT2D eigenvalue weighted by molar-refractivity contribution is 7.99. The van der Waals surface area contributed by atoms with Crippen molar-refractivity contribution in [1.29, 1.82) is 0 Å². The van der Waals surface area contributed by atoms with Gasteiger partial charge in [-0.3, -0.25) is 9.78 Å². The van der Waals surface area contributed by atoms with E-state index in [4.69, 9.17) is 4.74 Å². The van der Waals surface area contributed by atoms with Gasteiger partial charge in [-0.05, 0) is 85.7 Å². The van der Waals surface area contributed by atoms with Crippen molar-refractivity contribution >= 4 is 28.6 Å². The largest absolute Gasteiger partial charge is 0.497 e. The Morgan fingerprint density at radius 1 is 1.21 bits per heavy atom. The smallest absolute Gasteiger partial charge is 0.416 e. The van der Waals surface area contributed by atoms with Crippen LogP contribution in [0.5, 0.6) is 5.75 Å². The number of benzene rings is 2. The lowest BCUT2D eigenvalue weighted by atomic mass is 9.79. The first-order valence-electron chi connectivity index (χ1n) is 13.0. The average Bonchev–Trinajstić information content (AvgIpc) is 2.91. The minimum atomic E-state index is -4.37. The maximum Gasteiger partial charge on any atom is 0.416 e. The molecule has 1 fully saturated rings. The van der Waals surface area contributed by atoms with Crippen LogP contribution in [0.1, 0.15) is 42.9 Å². The number of rotatable bonds is 11. The number of alkyl halides is 3. The molecular weight excluding hydrogens is 529 g/mol. The first kappa shape index (κ1) is 29.2. The number of hydrogen-bond acceptors (Lipinski definition) is 6. The number of aliphatic hydroxyl groups is 1. The molecule has 210 valence electrons. The van der Waals surface area contributed by atoms with Gasteiger partial charge in [-0.2, -0.15) is 13.2 Å². The summed E-state index contributed by atoms with van der Waals surface area (Å²) in [6.45, 7) is 2.07. The van der Waals surface area contributed by atoms with Crippen LogP contribution in [0.15, 0.2) is 59.6 Å². The van der Waals surface area contributed by atoms with Crippen molar-refractivity contribution in [3.05, 3.63) is 65.9 Å². The number of carboxylic acids is 1. The Labute approximate surface area is 230 Å². The third-order valence-electron chi connectivity index (χ3n) is 7.40. The second-order valence-corrected chi connectivity index (χ2v) is 11.1. The van der Waals surface area contributed by atoms with E-state index >= 15 is 0 Å². The Morgan fingerprint density at radius 2 is 2.03 bits per heavy atom. The van der Waals surface area contributed by atoms with E-state index < -0.39 is 23.8 Å². The third-order valence-corrected chi connectivity index (χ3v) is 8.38. The SMILES string of the molecule is COc1ccc2nccc([C@H](O)CC[C@@H]3CCN(CCSc4cccc(C(F)(F)F)c4)C[C@@H]3CC(=O)O)c2c1. The summed E-state index contributed by atoms with van der Waals surface area (Å²) in [6, 6.07) is 12.7. The Hall–Kier alpha value is -2.82. The monoisotopic (exact) mass is 562 g/mol. The zero-order chi connectivity index (χ0) is 28.0. The molecule has 0 amide bonds. The van der Waals surface area contributed by atoms with E-state index in [9.17, 15) is 28.2 Å². The molecule has 0 aliphatic carbocycles. The van der Waals surface area contributed by atoms with Gasteiger partial charge in [0.2, 0.25) is 0 Å². The van der Waals surface area contributed by atoms with Crippen LogP contribution in [-0.4, -0.2) is 58.6 Å². The van der Waals surface area contributed by atoms with Crippen molar-refractivity contribution in [2.45, 2.75) is 42.9 Å². The maximum absolute atomic E-state index is 13.0. The molecule has 0 spiro atoms. The van der Waals surface area contributed by atoms with E-state index in [-0.39, 0.29) is 18.3 Å². The minimum Gasteiger partial charge on any atom is -0.497 e. The van der Waals surface area contributed by atoms with Crippen molar-refractivity contribution in [2.75, 3.05) is 32.5 Å². The summed E-state index contributed by atoms with van der Waals surface area (Å²) >= 11 is 1.37. The number of aliphatic carboxylic acids is 1. The number of fused-ring (bicyclic) bond motifs is 1. The molecule has 6 nitrogen and oxygen atoms in total. The Morgan fingerprint density at radius 3 is 2.77 bits per heavy atom. The first-order valence-corrected chi connectivity index (χ1v) is 14.0. The Bertz CT molecular complexity index is 1270. The molecule has 2 aromatic carbocycles. The molecule has 0 saturated carbocycles. The van der Waals surface area contributed by atoms with Crippen molar-refractivity contribution in [3.63, 3.8) is 0 Å². The molecule has 3 atom stereocenters. The van der Waals surface area contributed by atoms with E-state index in [0.29, 0.717) is 42.3 Å². The van der Waals surface area contributed by atoms with Crippen molar-refractivity contribution < 1.29 is 32.9 Å². The second-order valence-electron chi connectivity index (χ2n) is 9.96. The molecule has 10 heteroatoms. The van der Waals surface area contributed by atoms with E-state index in [2.05, 4.69) is 9.88 Å². The van der Waals surface area contributed by atoms with Crippen LogP contribution in [0.3, 0.4) is 0 Å². The number of carbonyl (C=O) groups is 1. The number of likely N-dealkylation sites (tertiary alicyclic amines) is 1. The summed E-state index contributed by atoms with van der Waals surface area (Å²) in [6.07, 6.45) is -1.35. The number of methoxy groups -OCH3 is 1. The van der Waals surface area contributed by atoms with Gasteiger partial charge in [-0.1, -0.05) is 6.07 Å². The lowest BCUT2D eigenvalue weighted by Gasteiger charge is -2.38. The van der Waals surface area contributed by atoms with Crippen LogP contribution >= 0.6 is 11.8 Å². The lowest BCUT2D eigenvalue weighted by molar-refractivity contribution is -0.139. The summed E-state index contributed by atoms with van der Waals surface area (Å²) in [5, 5.41) is 21.4. The fourth-order valence-electron chi connectivity index (χ4n) is 5.34. The molecule has 0 radical (unpaired) electrons. The molecule has 1 aliphatic rings. The quantitative estimate of drug-likeness (QED) is 0.266. The summed E-state index contributed by atoms with van der Waals surface area (Å²) in [5.41, 5.74) is 0.890. The van der Waals surface area contributed by atoms with Gasteiger partial charge in [0.25, 0.3) is 0 Å². The number of carboxylic acid groups (broad SMARTS) is 1. The van der Waals surface area contributed by atoms with Crippen LogP contribution in [0, 0.1) is 11.8 Å². The van der Waals surface area contributed by atoms with E-state index in [1.165, 1.54) is 17.8 Å². The van der Waals surface area contributed by atoms with Gasteiger partial charge in [-0.15, -0.1) is 11.8 Å². The van der Waals surface area contributed by atoms with Gasteiger partial charge >= 0.3 is 12.1 Å². The average molecular weight is 563 g/mol. The van der Waals surface area contributed by atoms with Crippen molar-refractivity contribution in [2.24, 2.45) is 11.8 Å². The van der Waals surface area contributed by atoms with Crippen molar-refractivity contribution in [3.8, 4) is 5.75 Å². The highest BCUT2D eigenvalue weighted by Gasteiger charge is 2.32. The zero-order valence-corrected chi connectivity index (χ0v) is 22.5. The van der Waals surface area contributed by atoms with Gasteiger partial charge in [0.15, 0.2) is 0 Å². The molecule has 2 N–H and O–H groups in total. The first-order chi connectivity index (χ1) is 18.6. The van der Waals surface area contributed by atoms with E-state index in [0.717, 1.165) is 41.6 Å². The predicted molar refractivity (Wildman–Crippen MR) is 145 cm³/mol. The van der Waals surface area contributed by atoms with Crippen LogP contribution in [0.25, 0.3) is 10.9 Å². The molecule has 3 aromatic rings.